The van der Waals surface area contributed by atoms with E-state index in [9.17, 15) is 17.8 Å². The molecular formula is C18H37NO6S. The van der Waals surface area contributed by atoms with Crippen LogP contribution in [-0.2, 0) is 24.1 Å². The van der Waals surface area contributed by atoms with Crippen molar-refractivity contribution in [3.05, 3.63) is 12.2 Å². The lowest BCUT2D eigenvalue weighted by Crippen LogP contribution is -2.48. The topological polar surface area (TPSA) is 92.7 Å². The number of unbranched alkanes of at least 4 members (excludes halogenated alkanes) is 4. The molecule has 8 heteroatoms. The molecule has 0 saturated heterocycles. The Bertz CT molecular complexity index is 480. The summed E-state index contributed by atoms with van der Waals surface area (Å²) in [6, 6.07) is 0. The van der Waals surface area contributed by atoms with Crippen LogP contribution in [0.4, 0.5) is 0 Å². The van der Waals surface area contributed by atoms with Crippen molar-refractivity contribution in [2.24, 2.45) is 0 Å². The summed E-state index contributed by atoms with van der Waals surface area (Å²) in [6.07, 6.45) is 7.58. The molecule has 0 aromatic heterocycles. The van der Waals surface area contributed by atoms with Crippen molar-refractivity contribution in [2.75, 3.05) is 40.4 Å². The van der Waals surface area contributed by atoms with E-state index in [1.165, 1.54) is 51.6 Å². The maximum atomic E-state index is 11.4. The Morgan fingerprint density at radius 2 is 1.46 bits per heavy atom. The van der Waals surface area contributed by atoms with Crippen LogP contribution in [0.15, 0.2) is 12.2 Å². The van der Waals surface area contributed by atoms with E-state index in [0.29, 0.717) is 12.2 Å². The fourth-order valence-corrected chi connectivity index (χ4v) is 2.30. The van der Waals surface area contributed by atoms with Crippen LogP contribution in [0.25, 0.3) is 0 Å². The maximum Gasteiger partial charge on any atom is 0.333 e. The van der Waals surface area contributed by atoms with Crippen molar-refractivity contribution in [3.63, 3.8) is 0 Å². The van der Waals surface area contributed by atoms with Crippen LogP contribution in [0.5, 0.6) is 0 Å². The Hall–Kier alpha value is -0.960. The monoisotopic (exact) mass is 395 g/mol. The van der Waals surface area contributed by atoms with Gasteiger partial charge in [0, 0.05) is 5.57 Å². The van der Waals surface area contributed by atoms with Gasteiger partial charge in [-0.2, -0.15) is 0 Å². The predicted octanol–water partition coefficient (Wildman–Crippen LogP) is 3.03. The van der Waals surface area contributed by atoms with Crippen molar-refractivity contribution in [2.45, 2.75) is 59.3 Å². The van der Waals surface area contributed by atoms with E-state index in [1.807, 2.05) is 0 Å². The normalized spacial score (nSPS) is 11.5. The molecule has 0 amide bonds. The molecule has 0 spiro atoms. The van der Waals surface area contributed by atoms with Gasteiger partial charge >= 0.3 is 5.97 Å². The highest BCUT2D eigenvalue weighted by molar-refractivity contribution is 7.80. The average Bonchev–Trinajstić information content (AvgIpc) is 2.55. The molecule has 0 bridgehead atoms. The molecule has 0 heterocycles. The van der Waals surface area contributed by atoms with Gasteiger partial charge in [-0.25, -0.2) is 13.2 Å². The highest BCUT2D eigenvalue weighted by atomic mass is 32.3. The van der Waals surface area contributed by atoms with E-state index >= 15 is 0 Å². The highest BCUT2D eigenvalue weighted by Crippen LogP contribution is 2.11. The number of hydrogen-bond acceptors (Lipinski definition) is 6. The number of esters is 1. The maximum absolute atomic E-state index is 11.4. The summed E-state index contributed by atoms with van der Waals surface area (Å²) in [5.74, 6) is -0.265. The van der Waals surface area contributed by atoms with E-state index in [2.05, 4.69) is 31.7 Å². The molecule has 0 saturated carbocycles. The minimum Gasteiger partial charge on any atom is -0.726 e. The van der Waals surface area contributed by atoms with E-state index in [-0.39, 0.29) is 5.97 Å². The van der Waals surface area contributed by atoms with Gasteiger partial charge in [-0.1, -0.05) is 33.3 Å². The summed E-state index contributed by atoms with van der Waals surface area (Å²) >= 11 is 0. The SMILES string of the molecule is C=C(C)C(=O)OCC[N+](C)(CCCCC)CCCCC.COS(=O)(=O)[O-]. The van der Waals surface area contributed by atoms with E-state index < -0.39 is 10.4 Å². The lowest BCUT2D eigenvalue weighted by molar-refractivity contribution is -0.910. The van der Waals surface area contributed by atoms with Crippen LogP contribution >= 0.6 is 0 Å². The van der Waals surface area contributed by atoms with Crippen LogP contribution in [0.2, 0.25) is 0 Å². The quantitative estimate of drug-likeness (QED) is 0.119. The van der Waals surface area contributed by atoms with Crippen molar-refractivity contribution in [1.82, 2.24) is 0 Å². The van der Waals surface area contributed by atoms with Gasteiger partial charge in [-0.3, -0.25) is 4.18 Å². The van der Waals surface area contributed by atoms with Gasteiger partial charge in [0.05, 0.1) is 27.2 Å². The second-order valence-corrected chi connectivity index (χ2v) is 7.85. The summed E-state index contributed by atoms with van der Waals surface area (Å²) in [5.41, 5.74) is 0.483. The molecule has 0 aliphatic rings. The van der Waals surface area contributed by atoms with Crippen molar-refractivity contribution < 1.29 is 31.2 Å². The first-order valence-corrected chi connectivity index (χ1v) is 10.5. The van der Waals surface area contributed by atoms with Crippen LogP contribution < -0.4 is 0 Å². The van der Waals surface area contributed by atoms with E-state index in [1.54, 1.807) is 6.92 Å². The molecule has 0 radical (unpaired) electrons. The third-order valence-corrected chi connectivity index (χ3v) is 4.43. The molecule has 0 aliphatic heterocycles. The molecule has 26 heavy (non-hydrogen) atoms. The molecule has 0 unspecified atom stereocenters. The van der Waals surface area contributed by atoms with Crippen molar-refractivity contribution >= 4 is 16.4 Å². The number of carbonyl (C=O) groups excluding carboxylic acids is 1. The predicted molar refractivity (Wildman–Crippen MR) is 102 cm³/mol. The van der Waals surface area contributed by atoms with Crippen LogP contribution in [0.3, 0.4) is 0 Å². The number of quaternary nitrogens is 1. The molecule has 0 aliphatic carbocycles. The van der Waals surface area contributed by atoms with Crippen LogP contribution in [-0.4, -0.2) is 63.8 Å². The number of rotatable bonds is 13. The molecular weight excluding hydrogens is 358 g/mol. The van der Waals surface area contributed by atoms with Crippen LogP contribution in [0.1, 0.15) is 59.3 Å². The molecule has 7 nitrogen and oxygen atoms in total. The van der Waals surface area contributed by atoms with E-state index in [0.717, 1.165) is 18.1 Å². The zero-order valence-electron chi connectivity index (χ0n) is 17.1. The van der Waals surface area contributed by atoms with Gasteiger partial charge < -0.3 is 13.8 Å². The first kappa shape index (κ1) is 27.3. The lowest BCUT2D eigenvalue weighted by Gasteiger charge is -2.34. The fourth-order valence-electron chi connectivity index (χ4n) is 2.30. The summed E-state index contributed by atoms with van der Waals surface area (Å²) in [7, 11) is -1.31. The third kappa shape index (κ3) is 17.8. The van der Waals surface area contributed by atoms with Gasteiger partial charge in [0.1, 0.15) is 13.2 Å². The lowest BCUT2D eigenvalue weighted by atomic mass is 10.2. The van der Waals surface area contributed by atoms with Crippen LogP contribution in [0, 0.1) is 0 Å². The molecule has 0 atom stereocenters. The fraction of sp³-hybridized carbons (Fsp3) is 0.833. The largest absolute Gasteiger partial charge is 0.726 e. The first-order chi connectivity index (χ1) is 12.0. The molecule has 0 fully saturated rings. The molecule has 0 aromatic rings. The molecule has 156 valence electrons. The molecule has 0 rings (SSSR count). The zero-order valence-corrected chi connectivity index (χ0v) is 17.9. The number of likely N-dealkylation sites (N-methyl/N-ethyl adjacent to an activating group) is 1. The van der Waals surface area contributed by atoms with E-state index in [4.69, 9.17) is 4.74 Å². The number of nitrogens with zero attached hydrogens (tertiary/aromatic N) is 1. The van der Waals surface area contributed by atoms with Crippen molar-refractivity contribution in [1.29, 1.82) is 0 Å². The highest BCUT2D eigenvalue weighted by Gasteiger charge is 2.21. The summed E-state index contributed by atoms with van der Waals surface area (Å²) in [6.45, 7) is 13.5. The minimum atomic E-state index is -4.41. The molecule has 0 aromatic carbocycles. The smallest absolute Gasteiger partial charge is 0.333 e. The third-order valence-electron chi connectivity index (χ3n) is 4.02. The Kier molecular flexibility index (Phi) is 15.9. The number of ether oxygens (including phenoxy) is 1. The van der Waals surface area contributed by atoms with Gasteiger partial charge in [-0.05, 0) is 32.6 Å². The number of carbonyl (C=O) groups is 1. The van der Waals surface area contributed by atoms with Gasteiger partial charge in [0.25, 0.3) is 0 Å². The Morgan fingerprint density at radius 3 is 1.77 bits per heavy atom. The summed E-state index contributed by atoms with van der Waals surface area (Å²) in [5, 5.41) is 0. The first-order valence-electron chi connectivity index (χ1n) is 9.19. The Balaban J connectivity index is 0. The van der Waals surface area contributed by atoms with Gasteiger partial charge in [-0.15, -0.1) is 0 Å². The average molecular weight is 396 g/mol. The van der Waals surface area contributed by atoms with Gasteiger partial charge in [0.15, 0.2) is 0 Å². The summed E-state index contributed by atoms with van der Waals surface area (Å²) in [4.78, 5) is 11.4. The molecule has 0 N–H and O–H groups in total. The Labute approximate surface area is 159 Å². The summed E-state index contributed by atoms with van der Waals surface area (Å²) < 4.78 is 37.3. The Morgan fingerprint density at radius 1 is 1.04 bits per heavy atom. The second kappa shape index (κ2) is 15.1. The zero-order chi connectivity index (χ0) is 20.6. The number of hydrogen-bond donors (Lipinski definition) is 0. The van der Waals surface area contributed by atoms with Gasteiger partial charge in [0.2, 0.25) is 10.4 Å². The minimum absolute atomic E-state index is 0.265. The second-order valence-electron chi connectivity index (χ2n) is 6.70. The standard InChI is InChI=1S/C17H34NO2.CH4O4S/c1-6-8-10-12-18(5,13-11-9-7-2)14-15-20-17(19)16(3)4;1-5-6(2,3)4/h3,6-15H2,1-2,4-5H3;1H3,(H,2,3,4)/q+1;/p-1. The van der Waals surface area contributed by atoms with Crippen molar-refractivity contribution in [3.8, 4) is 0 Å².